The zero-order valence-electron chi connectivity index (χ0n) is 22.4. The van der Waals surface area contributed by atoms with E-state index in [0.717, 1.165) is 0 Å². The van der Waals surface area contributed by atoms with Gasteiger partial charge in [-0.3, -0.25) is 29.2 Å². The third kappa shape index (κ3) is 14.1. The fraction of sp³-hybridized carbons (Fsp3) is 0.545. The summed E-state index contributed by atoms with van der Waals surface area (Å²) in [7, 11) is 0. The molecule has 0 aromatic carbocycles. The van der Waals surface area contributed by atoms with Gasteiger partial charge < -0.3 is 60.4 Å². The first-order valence-corrected chi connectivity index (χ1v) is 12.6. The van der Waals surface area contributed by atoms with E-state index in [1.165, 1.54) is 12.5 Å². The minimum absolute atomic E-state index is 0.0215. The van der Waals surface area contributed by atoms with Crippen molar-refractivity contribution in [3.05, 3.63) is 18.2 Å². The lowest BCUT2D eigenvalue weighted by molar-refractivity contribution is -0.142. The third-order valence-electron chi connectivity index (χ3n) is 5.51. The number of nitrogens with zero attached hydrogens (tertiary/aromatic N) is 3. The van der Waals surface area contributed by atoms with E-state index < -0.39 is 60.2 Å². The standard InChI is InChI=1S/C22H39N13O6/c23-12(3-1-5-30-21(25)26)17(37)34-14(8-16(24)36)19(39)33-13(4-2-6-31-22(27)28)18(38)35-15(20(40)41)7-11-9-29-10-32-11/h9-10,12-15H,1-8,23H2,(H2,24,36)(H,29,32)(H,33,39)(H,34,37)(H,35,38)(H,40,41)(H4,25,26,30)(H4,27,28,31). The minimum Gasteiger partial charge on any atom is -0.480 e. The van der Waals surface area contributed by atoms with Gasteiger partial charge in [0.1, 0.15) is 18.1 Å². The number of carbonyl (C=O) groups is 5. The number of rotatable bonds is 19. The highest BCUT2D eigenvalue weighted by atomic mass is 16.4. The Hall–Kier alpha value is -4.94. The lowest BCUT2D eigenvalue weighted by atomic mass is 10.1. The maximum atomic E-state index is 13.1. The van der Waals surface area contributed by atoms with E-state index in [4.69, 9.17) is 34.4 Å². The summed E-state index contributed by atoms with van der Waals surface area (Å²) in [6, 6.07) is -5.19. The van der Waals surface area contributed by atoms with Crippen molar-refractivity contribution in [1.82, 2.24) is 25.9 Å². The number of nitrogens with two attached hydrogens (primary N) is 6. The quantitative estimate of drug-likeness (QED) is 0.0414. The number of amides is 4. The zero-order valence-corrected chi connectivity index (χ0v) is 22.4. The van der Waals surface area contributed by atoms with Gasteiger partial charge in [0.25, 0.3) is 0 Å². The lowest BCUT2D eigenvalue weighted by Gasteiger charge is -2.24. The first kappa shape index (κ1) is 34.1. The molecule has 228 valence electrons. The summed E-state index contributed by atoms with van der Waals surface area (Å²) in [6.07, 6.45) is 2.76. The largest absolute Gasteiger partial charge is 0.480 e. The Balaban J connectivity index is 3.00. The molecule has 1 rings (SSSR count). The Bertz CT molecular complexity index is 1080. The molecule has 0 fully saturated rings. The number of carboxylic acids is 1. The number of carbonyl (C=O) groups excluding carboxylic acids is 4. The third-order valence-corrected chi connectivity index (χ3v) is 5.51. The molecule has 0 bridgehead atoms. The second-order valence-electron chi connectivity index (χ2n) is 8.98. The Morgan fingerprint density at radius 2 is 1.37 bits per heavy atom. The van der Waals surface area contributed by atoms with Crippen molar-refractivity contribution in [2.75, 3.05) is 13.1 Å². The molecule has 4 unspecified atom stereocenters. The normalized spacial score (nSPS) is 13.5. The number of imidazole rings is 1. The van der Waals surface area contributed by atoms with E-state index in [9.17, 15) is 29.1 Å². The molecule has 0 aliphatic heterocycles. The van der Waals surface area contributed by atoms with Crippen LogP contribution in [0.2, 0.25) is 0 Å². The highest BCUT2D eigenvalue weighted by Crippen LogP contribution is 2.05. The fourth-order valence-electron chi connectivity index (χ4n) is 3.47. The summed E-state index contributed by atoms with van der Waals surface area (Å²) in [5, 5.41) is 16.8. The molecule has 0 aliphatic rings. The van der Waals surface area contributed by atoms with E-state index in [-0.39, 0.29) is 50.7 Å². The van der Waals surface area contributed by atoms with Crippen molar-refractivity contribution in [1.29, 1.82) is 0 Å². The summed E-state index contributed by atoms with van der Waals surface area (Å²) in [4.78, 5) is 76.4. The van der Waals surface area contributed by atoms with Gasteiger partial charge in [-0.1, -0.05) is 0 Å². The molecule has 17 N–H and O–H groups in total. The molecule has 1 aromatic heterocycles. The maximum absolute atomic E-state index is 13.1. The number of H-pyrrole nitrogens is 1. The van der Waals surface area contributed by atoms with E-state index in [0.29, 0.717) is 12.1 Å². The number of aromatic nitrogens is 2. The summed E-state index contributed by atoms with van der Waals surface area (Å²) < 4.78 is 0. The molecule has 0 radical (unpaired) electrons. The summed E-state index contributed by atoms with van der Waals surface area (Å²) >= 11 is 0. The van der Waals surface area contributed by atoms with Gasteiger partial charge in [0, 0.05) is 31.4 Å². The molecule has 0 aliphatic carbocycles. The summed E-state index contributed by atoms with van der Waals surface area (Å²) in [6.45, 7) is 0.331. The van der Waals surface area contributed by atoms with Crippen LogP contribution < -0.4 is 50.4 Å². The predicted octanol–water partition coefficient (Wildman–Crippen LogP) is -5.20. The molecular formula is C22H39N13O6. The van der Waals surface area contributed by atoms with Crippen LogP contribution in [0.15, 0.2) is 22.5 Å². The van der Waals surface area contributed by atoms with Crippen LogP contribution in [-0.4, -0.2) is 93.8 Å². The zero-order chi connectivity index (χ0) is 30.9. The van der Waals surface area contributed by atoms with Crippen molar-refractivity contribution >= 4 is 41.5 Å². The van der Waals surface area contributed by atoms with Crippen LogP contribution in [0.4, 0.5) is 0 Å². The van der Waals surface area contributed by atoms with Gasteiger partial charge in [0.05, 0.1) is 18.8 Å². The van der Waals surface area contributed by atoms with Gasteiger partial charge in [0.15, 0.2) is 11.9 Å². The minimum atomic E-state index is -1.47. The highest BCUT2D eigenvalue weighted by Gasteiger charge is 2.31. The second kappa shape index (κ2) is 17.6. The molecule has 0 saturated heterocycles. The SMILES string of the molecule is NC(=O)CC(NC(=O)C(N)CCCN=C(N)N)C(=O)NC(CCCN=C(N)N)C(=O)NC(Cc1cnc[nH]1)C(=O)O. The Morgan fingerprint density at radius 3 is 1.88 bits per heavy atom. The van der Waals surface area contributed by atoms with Crippen LogP contribution >= 0.6 is 0 Å². The smallest absolute Gasteiger partial charge is 0.326 e. The van der Waals surface area contributed by atoms with Crippen LogP contribution in [0, 0.1) is 0 Å². The van der Waals surface area contributed by atoms with Gasteiger partial charge in [-0.2, -0.15) is 0 Å². The Kier molecular flexibility index (Phi) is 14.6. The van der Waals surface area contributed by atoms with Crippen LogP contribution in [0.1, 0.15) is 37.8 Å². The molecular weight excluding hydrogens is 542 g/mol. The number of hydrogen-bond donors (Lipinski definition) is 11. The van der Waals surface area contributed by atoms with Crippen LogP contribution in [0.3, 0.4) is 0 Å². The maximum Gasteiger partial charge on any atom is 0.326 e. The van der Waals surface area contributed by atoms with Gasteiger partial charge >= 0.3 is 5.97 Å². The lowest BCUT2D eigenvalue weighted by Crippen LogP contribution is -2.58. The van der Waals surface area contributed by atoms with Crippen LogP contribution in [-0.2, 0) is 30.4 Å². The van der Waals surface area contributed by atoms with Crippen molar-refractivity contribution < 1.29 is 29.1 Å². The number of guanidine groups is 2. The molecule has 0 saturated carbocycles. The van der Waals surface area contributed by atoms with Crippen molar-refractivity contribution in [3.8, 4) is 0 Å². The van der Waals surface area contributed by atoms with Gasteiger partial charge in [-0.05, 0) is 25.7 Å². The van der Waals surface area contributed by atoms with E-state index in [2.05, 4.69) is 35.9 Å². The topological polar surface area (TPSA) is 351 Å². The van der Waals surface area contributed by atoms with Crippen LogP contribution in [0.25, 0.3) is 0 Å². The number of aliphatic imine (C=N–C) groups is 2. The Morgan fingerprint density at radius 1 is 0.829 bits per heavy atom. The van der Waals surface area contributed by atoms with Crippen molar-refractivity contribution in [3.63, 3.8) is 0 Å². The monoisotopic (exact) mass is 581 g/mol. The number of aromatic amines is 1. The first-order chi connectivity index (χ1) is 19.3. The van der Waals surface area contributed by atoms with Crippen molar-refractivity contribution in [2.24, 2.45) is 44.4 Å². The molecule has 4 amide bonds. The average Bonchev–Trinajstić information content (AvgIpc) is 3.39. The number of nitrogens with one attached hydrogen (secondary N) is 4. The summed E-state index contributed by atoms with van der Waals surface area (Å²) in [5.74, 6) is -5.05. The molecule has 4 atom stereocenters. The van der Waals surface area contributed by atoms with E-state index >= 15 is 0 Å². The first-order valence-electron chi connectivity index (χ1n) is 12.6. The van der Waals surface area contributed by atoms with Crippen LogP contribution in [0.5, 0.6) is 0 Å². The van der Waals surface area contributed by atoms with Gasteiger partial charge in [-0.25, -0.2) is 9.78 Å². The molecule has 1 aromatic rings. The number of hydrogen-bond acceptors (Lipinski definition) is 9. The molecule has 0 spiro atoms. The predicted molar refractivity (Wildman–Crippen MR) is 147 cm³/mol. The van der Waals surface area contributed by atoms with Gasteiger partial charge in [0.2, 0.25) is 23.6 Å². The molecule has 41 heavy (non-hydrogen) atoms. The van der Waals surface area contributed by atoms with Gasteiger partial charge in [-0.15, -0.1) is 0 Å². The molecule has 19 nitrogen and oxygen atoms in total. The highest BCUT2D eigenvalue weighted by molar-refractivity contribution is 5.96. The molecule has 1 heterocycles. The second-order valence-corrected chi connectivity index (χ2v) is 8.98. The fourth-order valence-corrected chi connectivity index (χ4v) is 3.47. The molecule has 19 heteroatoms. The van der Waals surface area contributed by atoms with Crippen molar-refractivity contribution in [2.45, 2.75) is 62.7 Å². The van der Waals surface area contributed by atoms with E-state index in [1.807, 2.05) is 0 Å². The average molecular weight is 582 g/mol. The number of primary amides is 1. The number of aliphatic carboxylic acids is 1. The Labute approximate surface area is 235 Å². The van der Waals surface area contributed by atoms with E-state index in [1.54, 1.807) is 0 Å². The summed E-state index contributed by atoms with van der Waals surface area (Å²) in [5.41, 5.74) is 32.7. The number of carboxylic acid groups (broad SMARTS) is 1.